The van der Waals surface area contributed by atoms with E-state index in [1.165, 1.54) is 5.56 Å². The SMILES string of the molecule is N#CCCCc1ccc(C=O)cc1. The van der Waals surface area contributed by atoms with Gasteiger partial charge in [-0.25, -0.2) is 0 Å². The Kier molecular flexibility index (Phi) is 3.72. The second kappa shape index (κ2) is 5.10. The van der Waals surface area contributed by atoms with E-state index in [1.54, 1.807) is 12.1 Å². The van der Waals surface area contributed by atoms with E-state index in [1.807, 2.05) is 12.1 Å². The highest BCUT2D eigenvalue weighted by Crippen LogP contribution is 2.06. The maximum absolute atomic E-state index is 10.3. The summed E-state index contributed by atoms with van der Waals surface area (Å²) in [5.74, 6) is 0. The molecule has 0 saturated heterocycles. The van der Waals surface area contributed by atoms with E-state index in [9.17, 15) is 4.79 Å². The molecular formula is C11H11NO. The topological polar surface area (TPSA) is 40.9 Å². The zero-order valence-electron chi connectivity index (χ0n) is 7.36. The minimum atomic E-state index is 0.593. The number of aryl methyl sites for hydroxylation is 1. The molecule has 66 valence electrons. The number of carbonyl (C=O) groups is 1. The van der Waals surface area contributed by atoms with Crippen LogP contribution in [-0.2, 0) is 6.42 Å². The Morgan fingerprint density at radius 3 is 2.54 bits per heavy atom. The minimum Gasteiger partial charge on any atom is -0.298 e. The number of benzene rings is 1. The summed E-state index contributed by atoms with van der Waals surface area (Å²) in [6.07, 6.45) is 3.22. The molecule has 0 aliphatic carbocycles. The Hall–Kier alpha value is -1.62. The number of aldehydes is 1. The van der Waals surface area contributed by atoms with E-state index >= 15 is 0 Å². The van der Waals surface area contributed by atoms with Gasteiger partial charge in [-0.1, -0.05) is 24.3 Å². The van der Waals surface area contributed by atoms with Gasteiger partial charge < -0.3 is 0 Å². The molecule has 0 spiro atoms. The van der Waals surface area contributed by atoms with E-state index in [-0.39, 0.29) is 0 Å². The van der Waals surface area contributed by atoms with Crippen molar-refractivity contribution >= 4 is 6.29 Å². The predicted octanol–water partition coefficient (Wildman–Crippen LogP) is 2.35. The molecule has 0 bridgehead atoms. The molecule has 0 radical (unpaired) electrons. The summed E-state index contributed by atoms with van der Waals surface area (Å²) in [4.78, 5) is 10.3. The third-order valence-corrected chi connectivity index (χ3v) is 1.87. The van der Waals surface area contributed by atoms with Gasteiger partial charge in [0.25, 0.3) is 0 Å². The van der Waals surface area contributed by atoms with Crippen molar-refractivity contribution in [1.82, 2.24) is 0 Å². The molecule has 1 rings (SSSR count). The third-order valence-electron chi connectivity index (χ3n) is 1.87. The van der Waals surface area contributed by atoms with Crippen LogP contribution in [0.25, 0.3) is 0 Å². The normalized spacial score (nSPS) is 9.15. The first kappa shape index (κ1) is 9.47. The van der Waals surface area contributed by atoms with Crippen molar-refractivity contribution < 1.29 is 4.79 Å². The third kappa shape index (κ3) is 3.08. The first-order valence-corrected chi connectivity index (χ1v) is 4.28. The Bertz CT molecular complexity index is 308. The number of hydrogen-bond donors (Lipinski definition) is 0. The smallest absolute Gasteiger partial charge is 0.150 e. The molecule has 1 aromatic carbocycles. The zero-order chi connectivity index (χ0) is 9.52. The van der Waals surface area contributed by atoms with Gasteiger partial charge in [0.05, 0.1) is 6.07 Å². The lowest BCUT2D eigenvalue weighted by Crippen LogP contribution is -1.86. The van der Waals surface area contributed by atoms with Gasteiger partial charge in [-0.2, -0.15) is 5.26 Å². The summed E-state index contributed by atoms with van der Waals surface area (Å²) in [5, 5.41) is 8.33. The molecule has 0 aliphatic rings. The van der Waals surface area contributed by atoms with Crippen molar-refractivity contribution in [1.29, 1.82) is 5.26 Å². The van der Waals surface area contributed by atoms with E-state index in [0.717, 1.165) is 19.1 Å². The summed E-state index contributed by atoms with van der Waals surface area (Å²) in [6.45, 7) is 0. The molecule has 0 saturated carbocycles. The van der Waals surface area contributed by atoms with Crippen molar-refractivity contribution in [3.63, 3.8) is 0 Å². The largest absolute Gasteiger partial charge is 0.298 e. The number of carbonyl (C=O) groups excluding carboxylic acids is 1. The monoisotopic (exact) mass is 173 g/mol. The van der Waals surface area contributed by atoms with Crippen LogP contribution in [0.2, 0.25) is 0 Å². The van der Waals surface area contributed by atoms with Crippen LogP contribution in [-0.4, -0.2) is 6.29 Å². The fraction of sp³-hybridized carbons (Fsp3) is 0.273. The van der Waals surface area contributed by atoms with Crippen LogP contribution in [0.5, 0.6) is 0 Å². The first-order chi connectivity index (χ1) is 6.36. The van der Waals surface area contributed by atoms with Gasteiger partial charge in [-0.05, 0) is 18.4 Å². The van der Waals surface area contributed by atoms with Gasteiger partial charge >= 0.3 is 0 Å². The molecule has 2 nitrogen and oxygen atoms in total. The highest BCUT2D eigenvalue weighted by atomic mass is 16.1. The van der Waals surface area contributed by atoms with Gasteiger partial charge in [0.15, 0.2) is 0 Å². The molecule has 1 aromatic rings. The Balaban J connectivity index is 2.50. The lowest BCUT2D eigenvalue weighted by atomic mass is 10.1. The number of rotatable bonds is 4. The van der Waals surface area contributed by atoms with Gasteiger partial charge in [0.2, 0.25) is 0 Å². The maximum Gasteiger partial charge on any atom is 0.150 e. The van der Waals surface area contributed by atoms with E-state index in [0.29, 0.717) is 12.0 Å². The molecule has 0 N–H and O–H groups in total. The summed E-state index contributed by atoms with van der Waals surface area (Å²) in [6, 6.07) is 9.57. The summed E-state index contributed by atoms with van der Waals surface area (Å²) < 4.78 is 0. The summed E-state index contributed by atoms with van der Waals surface area (Å²) in [5.41, 5.74) is 1.88. The number of hydrogen-bond acceptors (Lipinski definition) is 2. The highest BCUT2D eigenvalue weighted by Gasteiger charge is 1.93. The standard InChI is InChI=1S/C11H11NO/c12-8-2-1-3-10-4-6-11(9-13)7-5-10/h4-7,9H,1-3H2. The molecule has 13 heavy (non-hydrogen) atoms. The number of unbranched alkanes of at least 4 members (excludes halogenated alkanes) is 1. The average Bonchev–Trinajstić information content (AvgIpc) is 2.19. The second-order valence-electron chi connectivity index (χ2n) is 2.87. The van der Waals surface area contributed by atoms with Crippen LogP contribution in [0.4, 0.5) is 0 Å². The van der Waals surface area contributed by atoms with Crippen molar-refractivity contribution in [2.45, 2.75) is 19.3 Å². The van der Waals surface area contributed by atoms with Crippen molar-refractivity contribution in [3.8, 4) is 6.07 Å². The lowest BCUT2D eigenvalue weighted by Gasteiger charge is -1.98. The highest BCUT2D eigenvalue weighted by molar-refractivity contribution is 5.74. The second-order valence-corrected chi connectivity index (χ2v) is 2.87. The fourth-order valence-electron chi connectivity index (χ4n) is 1.13. The number of nitrogens with zero attached hydrogens (tertiary/aromatic N) is 1. The van der Waals surface area contributed by atoms with Crippen LogP contribution in [0.3, 0.4) is 0 Å². The molecule has 0 heterocycles. The average molecular weight is 173 g/mol. The predicted molar refractivity (Wildman–Crippen MR) is 50.4 cm³/mol. The molecule has 0 amide bonds. The molecule has 0 aromatic heterocycles. The Morgan fingerprint density at radius 1 is 1.31 bits per heavy atom. The van der Waals surface area contributed by atoms with Gasteiger partial charge in [0.1, 0.15) is 6.29 Å². The van der Waals surface area contributed by atoms with Crippen LogP contribution in [0.1, 0.15) is 28.8 Å². The van der Waals surface area contributed by atoms with Gasteiger partial charge in [0, 0.05) is 12.0 Å². The molecule has 0 fully saturated rings. The molecule has 0 unspecified atom stereocenters. The molecular weight excluding hydrogens is 162 g/mol. The zero-order valence-corrected chi connectivity index (χ0v) is 7.36. The molecule has 0 atom stereocenters. The quantitative estimate of drug-likeness (QED) is 0.518. The Labute approximate surface area is 77.8 Å². The van der Waals surface area contributed by atoms with Crippen molar-refractivity contribution in [2.75, 3.05) is 0 Å². The van der Waals surface area contributed by atoms with Crippen LogP contribution in [0.15, 0.2) is 24.3 Å². The van der Waals surface area contributed by atoms with Gasteiger partial charge in [-0.3, -0.25) is 4.79 Å². The van der Waals surface area contributed by atoms with Crippen molar-refractivity contribution in [2.24, 2.45) is 0 Å². The van der Waals surface area contributed by atoms with Crippen LogP contribution >= 0.6 is 0 Å². The molecule has 2 heteroatoms. The first-order valence-electron chi connectivity index (χ1n) is 4.28. The molecule has 0 aliphatic heterocycles. The number of nitriles is 1. The lowest BCUT2D eigenvalue weighted by molar-refractivity contribution is 0.112. The minimum absolute atomic E-state index is 0.593. The summed E-state index contributed by atoms with van der Waals surface area (Å²) >= 11 is 0. The summed E-state index contributed by atoms with van der Waals surface area (Å²) in [7, 11) is 0. The van der Waals surface area contributed by atoms with Crippen LogP contribution < -0.4 is 0 Å². The maximum atomic E-state index is 10.3. The Morgan fingerprint density at radius 2 is 2.00 bits per heavy atom. The van der Waals surface area contributed by atoms with E-state index < -0.39 is 0 Å². The van der Waals surface area contributed by atoms with Crippen molar-refractivity contribution in [3.05, 3.63) is 35.4 Å². The van der Waals surface area contributed by atoms with Crippen LogP contribution in [0, 0.1) is 11.3 Å². The van der Waals surface area contributed by atoms with Gasteiger partial charge in [-0.15, -0.1) is 0 Å². The van der Waals surface area contributed by atoms with E-state index in [4.69, 9.17) is 5.26 Å². The van der Waals surface area contributed by atoms with E-state index in [2.05, 4.69) is 6.07 Å². The fourth-order valence-corrected chi connectivity index (χ4v) is 1.13.